The highest BCUT2D eigenvalue weighted by Gasteiger charge is 2.08. The Bertz CT molecular complexity index is 789. The normalized spacial score (nSPS) is 10.3. The minimum absolute atomic E-state index is 0.151. The van der Waals surface area contributed by atoms with Gasteiger partial charge in [-0.15, -0.1) is 11.3 Å². The van der Waals surface area contributed by atoms with E-state index in [0.717, 1.165) is 10.6 Å². The Balaban J connectivity index is 1.74. The predicted octanol–water partition coefficient (Wildman–Crippen LogP) is 2.15. The number of hydrogen-bond acceptors (Lipinski definition) is 5. The number of thiazole rings is 1. The van der Waals surface area contributed by atoms with Gasteiger partial charge in [0, 0.05) is 28.9 Å². The van der Waals surface area contributed by atoms with Crippen LogP contribution in [-0.2, 0) is 0 Å². The number of aromatic amines is 1. The molecule has 0 fully saturated rings. The van der Waals surface area contributed by atoms with Crippen molar-refractivity contribution >= 4 is 22.9 Å². The zero-order chi connectivity index (χ0) is 14.7. The van der Waals surface area contributed by atoms with Gasteiger partial charge in [-0.3, -0.25) is 9.59 Å². The highest BCUT2D eigenvalue weighted by Crippen LogP contribution is 2.23. The zero-order valence-electron chi connectivity index (χ0n) is 10.7. The fourth-order valence-electron chi connectivity index (χ4n) is 1.73. The van der Waals surface area contributed by atoms with Gasteiger partial charge in [0.2, 0.25) is 0 Å². The summed E-state index contributed by atoms with van der Waals surface area (Å²) in [5, 5.41) is 11.4. The van der Waals surface area contributed by atoms with Gasteiger partial charge in [-0.2, -0.15) is 5.10 Å². The standard InChI is InChI=1S/C14H10N4O2S/c19-12-6-5-11(17-18-12)13(20)16-10-3-1-9(2-4-10)14-15-7-8-21-14/h1-8H,(H,16,20)(H,18,19). The van der Waals surface area contributed by atoms with Gasteiger partial charge in [0.05, 0.1) is 0 Å². The molecule has 0 unspecified atom stereocenters. The first-order chi connectivity index (χ1) is 10.2. The van der Waals surface area contributed by atoms with Crippen molar-refractivity contribution in [1.29, 1.82) is 0 Å². The predicted molar refractivity (Wildman–Crippen MR) is 80.4 cm³/mol. The van der Waals surface area contributed by atoms with Crippen molar-refractivity contribution in [2.45, 2.75) is 0 Å². The van der Waals surface area contributed by atoms with E-state index >= 15 is 0 Å². The maximum Gasteiger partial charge on any atom is 0.276 e. The van der Waals surface area contributed by atoms with E-state index in [1.807, 2.05) is 17.5 Å². The van der Waals surface area contributed by atoms with Crippen LogP contribution < -0.4 is 10.9 Å². The van der Waals surface area contributed by atoms with Crippen LogP contribution in [0.4, 0.5) is 5.69 Å². The molecule has 21 heavy (non-hydrogen) atoms. The van der Waals surface area contributed by atoms with Crippen LogP contribution in [0.3, 0.4) is 0 Å². The fraction of sp³-hybridized carbons (Fsp3) is 0. The largest absolute Gasteiger partial charge is 0.321 e. The molecule has 2 aromatic heterocycles. The Morgan fingerprint density at radius 3 is 2.57 bits per heavy atom. The number of nitrogens with zero attached hydrogens (tertiary/aromatic N) is 2. The van der Waals surface area contributed by atoms with E-state index < -0.39 is 0 Å². The van der Waals surface area contributed by atoms with Gasteiger partial charge in [0.1, 0.15) is 10.7 Å². The SMILES string of the molecule is O=C(Nc1ccc(-c2nccs2)cc1)c1ccc(=O)[nH]n1. The summed E-state index contributed by atoms with van der Waals surface area (Å²) < 4.78 is 0. The molecular weight excluding hydrogens is 288 g/mol. The number of amides is 1. The molecule has 0 spiro atoms. The quantitative estimate of drug-likeness (QED) is 0.775. The summed E-state index contributed by atoms with van der Waals surface area (Å²) in [5.74, 6) is -0.381. The van der Waals surface area contributed by atoms with Crippen LogP contribution in [0.5, 0.6) is 0 Å². The van der Waals surface area contributed by atoms with Crippen molar-refractivity contribution in [1.82, 2.24) is 15.2 Å². The van der Waals surface area contributed by atoms with Gasteiger partial charge in [-0.05, 0) is 30.3 Å². The molecule has 0 saturated heterocycles. The van der Waals surface area contributed by atoms with Gasteiger partial charge in [0.15, 0.2) is 0 Å². The van der Waals surface area contributed by atoms with Gasteiger partial charge in [-0.1, -0.05) is 0 Å². The molecule has 2 heterocycles. The number of rotatable bonds is 3. The smallest absolute Gasteiger partial charge is 0.276 e. The third-order valence-electron chi connectivity index (χ3n) is 2.73. The molecule has 1 amide bonds. The maximum absolute atomic E-state index is 11.9. The molecule has 104 valence electrons. The van der Waals surface area contributed by atoms with E-state index in [1.54, 1.807) is 29.7 Å². The minimum atomic E-state index is -0.381. The van der Waals surface area contributed by atoms with Crippen molar-refractivity contribution in [2.24, 2.45) is 0 Å². The molecule has 1 aromatic carbocycles. The second-order valence-electron chi connectivity index (χ2n) is 4.18. The van der Waals surface area contributed by atoms with Crippen molar-refractivity contribution in [3.63, 3.8) is 0 Å². The lowest BCUT2D eigenvalue weighted by Crippen LogP contribution is -2.17. The molecule has 3 aromatic rings. The van der Waals surface area contributed by atoms with E-state index in [9.17, 15) is 9.59 Å². The topological polar surface area (TPSA) is 87.7 Å². The lowest BCUT2D eigenvalue weighted by molar-refractivity contribution is 0.102. The number of benzene rings is 1. The van der Waals surface area contributed by atoms with Gasteiger partial charge in [0.25, 0.3) is 11.5 Å². The minimum Gasteiger partial charge on any atom is -0.321 e. The van der Waals surface area contributed by atoms with Gasteiger partial charge < -0.3 is 5.32 Å². The number of nitrogens with one attached hydrogen (secondary N) is 2. The number of H-pyrrole nitrogens is 1. The van der Waals surface area contributed by atoms with Gasteiger partial charge >= 0.3 is 0 Å². The van der Waals surface area contributed by atoms with Crippen LogP contribution in [0.2, 0.25) is 0 Å². The molecular formula is C14H10N4O2S. The van der Waals surface area contributed by atoms with Crippen LogP contribution in [0, 0.1) is 0 Å². The summed E-state index contributed by atoms with van der Waals surface area (Å²) >= 11 is 1.55. The Labute approximate surface area is 123 Å². The molecule has 3 rings (SSSR count). The van der Waals surface area contributed by atoms with Crippen LogP contribution in [0.25, 0.3) is 10.6 Å². The fourth-order valence-corrected chi connectivity index (χ4v) is 2.37. The van der Waals surface area contributed by atoms with Gasteiger partial charge in [-0.25, -0.2) is 10.1 Å². The second-order valence-corrected chi connectivity index (χ2v) is 5.07. The van der Waals surface area contributed by atoms with Crippen LogP contribution >= 0.6 is 11.3 Å². The lowest BCUT2D eigenvalue weighted by atomic mass is 10.2. The van der Waals surface area contributed by atoms with E-state index in [-0.39, 0.29) is 17.2 Å². The summed E-state index contributed by atoms with van der Waals surface area (Å²) in [7, 11) is 0. The molecule has 0 aliphatic rings. The Morgan fingerprint density at radius 1 is 1.14 bits per heavy atom. The number of carbonyl (C=O) groups is 1. The number of carbonyl (C=O) groups excluding carboxylic acids is 1. The van der Waals surface area contributed by atoms with E-state index in [0.29, 0.717) is 5.69 Å². The molecule has 0 bridgehead atoms. The van der Waals surface area contributed by atoms with Crippen LogP contribution in [-0.4, -0.2) is 21.1 Å². The summed E-state index contributed by atoms with van der Waals surface area (Å²) in [6.45, 7) is 0. The summed E-state index contributed by atoms with van der Waals surface area (Å²) in [4.78, 5) is 27.1. The Hall–Kier alpha value is -2.80. The number of hydrogen-bond donors (Lipinski definition) is 2. The summed E-state index contributed by atoms with van der Waals surface area (Å²) in [6, 6.07) is 9.98. The Morgan fingerprint density at radius 2 is 1.95 bits per heavy atom. The summed E-state index contributed by atoms with van der Waals surface area (Å²) in [6.07, 6.45) is 1.75. The molecule has 0 atom stereocenters. The van der Waals surface area contributed by atoms with Crippen LogP contribution in [0.1, 0.15) is 10.5 Å². The molecule has 0 aliphatic heterocycles. The van der Waals surface area contributed by atoms with E-state index in [2.05, 4.69) is 20.5 Å². The first kappa shape index (κ1) is 13.2. The molecule has 6 nitrogen and oxygen atoms in total. The number of anilines is 1. The number of aromatic nitrogens is 3. The van der Waals surface area contributed by atoms with Crippen molar-refractivity contribution in [3.05, 3.63) is 64.0 Å². The summed E-state index contributed by atoms with van der Waals surface area (Å²) in [5.41, 5.74) is 1.44. The first-order valence-electron chi connectivity index (χ1n) is 6.09. The highest BCUT2D eigenvalue weighted by molar-refractivity contribution is 7.13. The average Bonchev–Trinajstić information content (AvgIpc) is 3.03. The first-order valence-corrected chi connectivity index (χ1v) is 6.97. The monoisotopic (exact) mass is 298 g/mol. The third-order valence-corrected chi connectivity index (χ3v) is 3.56. The van der Waals surface area contributed by atoms with E-state index in [1.165, 1.54) is 12.1 Å². The lowest BCUT2D eigenvalue weighted by Gasteiger charge is -2.04. The second kappa shape index (κ2) is 5.68. The molecule has 0 saturated carbocycles. The van der Waals surface area contributed by atoms with Crippen molar-refractivity contribution in [3.8, 4) is 10.6 Å². The third kappa shape index (κ3) is 3.03. The maximum atomic E-state index is 11.9. The van der Waals surface area contributed by atoms with E-state index in [4.69, 9.17) is 0 Å². The van der Waals surface area contributed by atoms with Crippen LogP contribution in [0.15, 0.2) is 52.8 Å². The molecule has 0 aliphatic carbocycles. The van der Waals surface area contributed by atoms with Crippen molar-refractivity contribution in [2.75, 3.05) is 5.32 Å². The zero-order valence-corrected chi connectivity index (χ0v) is 11.6. The molecule has 0 radical (unpaired) electrons. The molecule has 2 N–H and O–H groups in total. The Kier molecular flexibility index (Phi) is 3.57. The van der Waals surface area contributed by atoms with Crippen molar-refractivity contribution < 1.29 is 4.79 Å². The highest BCUT2D eigenvalue weighted by atomic mass is 32.1. The average molecular weight is 298 g/mol. The molecule has 7 heteroatoms.